The molecule has 0 aliphatic heterocycles. The second kappa shape index (κ2) is 4.11. The summed E-state index contributed by atoms with van der Waals surface area (Å²) in [6, 6.07) is 5.18. The maximum absolute atomic E-state index is 11.1. The van der Waals surface area contributed by atoms with E-state index in [9.17, 15) is 4.79 Å². The molecule has 0 amide bonds. The van der Waals surface area contributed by atoms with Crippen LogP contribution in [0.2, 0.25) is 0 Å². The lowest BCUT2D eigenvalue weighted by molar-refractivity contribution is 0.0601. The average molecular weight is 213 g/mol. The van der Waals surface area contributed by atoms with E-state index in [2.05, 4.69) is 14.7 Å². The molecule has 0 unspecified atom stereocenters. The van der Waals surface area contributed by atoms with Gasteiger partial charge >= 0.3 is 5.97 Å². The first-order valence-electron chi connectivity index (χ1n) is 3.83. The van der Waals surface area contributed by atoms with Gasteiger partial charge in [-0.25, -0.2) is 9.78 Å². The number of carbonyl (C=O) groups excluding carboxylic acids is 1. The normalized spacial score (nSPS) is 9.50. The lowest BCUT2D eigenvalue weighted by Crippen LogP contribution is -2.00. The number of aromatic amines is 1. The van der Waals surface area contributed by atoms with Gasteiger partial charge in [0.25, 0.3) is 0 Å². The lowest BCUT2D eigenvalue weighted by atomic mass is 10.2. The number of halogens is 1. The number of hydrogen-bond acceptors (Lipinski definition) is 3. The highest BCUT2D eigenvalue weighted by molar-refractivity contribution is 5.93. The number of methoxy groups -OCH3 is 1. The Morgan fingerprint density at radius 1 is 1.50 bits per heavy atom. The maximum Gasteiger partial charge on any atom is 0.337 e. The number of rotatable bonds is 1. The molecule has 1 N–H and O–H groups in total. The first-order chi connectivity index (χ1) is 6.31. The molecule has 0 aliphatic carbocycles. The van der Waals surface area contributed by atoms with Crippen molar-refractivity contribution in [2.75, 3.05) is 7.11 Å². The first kappa shape index (κ1) is 10.5. The van der Waals surface area contributed by atoms with Crippen LogP contribution in [0, 0.1) is 0 Å². The van der Waals surface area contributed by atoms with Crippen molar-refractivity contribution < 1.29 is 9.53 Å². The van der Waals surface area contributed by atoms with Crippen LogP contribution in [0.3, 0.4) is 0 Å². The second-order valence-electron chi connectivity index (χ2n) is 2.63. The highest BCUT2D eigenvalue weighted by Crippen LogP contribution is 2.11. The minimum Gasteiger partial charge on any atom is -0.465 e. The summed E-state index contributed by atoms with van der Waals surface area (Å²) in [4.78, 5) is 18.1. The van der Waals surface area contributed by atoms with Gasteiger partial charge in [-0.3, -0.25) is 0 Å². The van der Waals surface area contributed by atoms with Gasteiger partial charge in [0.1, 0.15) is 0 Å². The highest BCUT2D eigenvalue weighted by Gasteiger charge is 2.05. The maximum atomic E-state index is 11.1. The molecule has 0 atom stereocenters. The fourth-order valence-corrected chi connectivity index (χ4v) is 1.18. The Hall–Kier alpha value is -1.55. The van der Waals surface area contributed by atoms with E-state index in [0.717, 1.165) is 11.0 Å². The summed E-state index contributed by atoms with van der Waals surface area (Å²) in [6.07, 6.45) is 1.59. The molecule has 0 fully saturated rings. The summed E-state index contributed by atoms with van der Waals surface area (Å²) in [6.45, 7) is 0. The number of H-pyrrole nitrogens is 1. The van der Waals surface area contributed by atoms with Crippen molar-refractivity contribution in [3.63, 3.8) is 0 Å². The molecule has 74 valence electrons. The second-order valence-corrected chi connectivity index (χ2v) is 2.63. The topological polar surface area (TPSA) is 55.0 Å². The number of esters is 1. The zero-order chi connectivity index (χ0) is 9.26. The predicted molar refractivity (Wildman–Crippen MR) is 54.7 cm³/mol. The number of fused-ring (bicyclic) bond motifs is 1. The monoisotopic (exact) mass is 212 g/mol. The fourth-order valence-electron chi connectivity index (χ4n) is 1.18. The van der Waals surface area contributed by atoms with Crippen LogP contribution in [0.15, 0.2) is 24.5 Å². The molecule has 1 aromatic carbocycles. The molecule has 14 heavy (non-hydrogen) atoms. The van der Waals surface area contributed by atoms with Gasteiger partial charge < -0.3 is 9.72 Å². The minimum atomic E-state index is -0.337. The summed E-state index contributed by atoms with van der Waals surface area (Å²) < 4.78 is 4.59. The number of carbonyl (C=O) groups is 1. The standard InChI is InChI=1S/C9H8N2O2.ClH/c1-13-9(12)6-2-3-7-8(4-6)11-5-10-7;/h2-5H,1H3,(H,10,11);1H. The van der Waals surface area contributed by atoms with Crippen molar-refractivity contribution in [1.29, 1.82) is 0 Å². The van der Waals surface area contributed by atoms with E-state index in [-0.39, 0.29) is 18.4 Å². The molecule has 0 saturated heterocycles. The minimum absolute atomic E-state index is 0. The number of imidazole rings is 1. The van der Waals surface area contributed by atoms with Crippen LogP contribution in [0.4, 0.5) is 0 Å². The third kappa shape index (κ3) is 1.70. The molecular formula is C9H9ClN2O2. The van der Waals surface area contributed by atoms with Gasteiger partial charge in [-0.2, -0.15) is 0 Å². The van der Waals surface area contributed by atoms with E-state index in [4.69, 9.17) is 0 Å². The zero-order valence-electron chi connectivity index (χ0n) is 7.48. The van der Waals surface area contributed by atoms with Crippen LogP contribution in [-0.4, -0.2) is 23.0 Å². The molecular weight excluding hydrogens is 204 g/mol. The lowest BCUT2D eigenvalue weighted by Gasteiger charge is -1.97. The molecule has 0 bridgehead atoms. The highest BCUT2D eigenvalue weighted by atomic mass is 35.5. The van der Waals surface area contributed by atoms with Crippen LogP contribution in [0.5, 0.6) is 0 Å². The number of benzene rings is 1. The van der Waals surface area contributed by atoms with Crippen LogP contribution in [-0.2, 0) is 4.74 Å². The van der Waals surface area contributed by atoms with Gasteiger partial charge in [-0.1, -0.05) is 0 Å². The quantitative estimate of drug-likeness (QED) is 0.733. The van der Waals surface area contributed by atoms with Crippen molar-refractivity contribution in [1.82, 2.24) is 9.97 Å². The molecule has 0 aliphatic rings. The average Bonchev–Trinajstić information content (AvgIpc) is 2.63. The van der Waals surface area contributed by atoms with E-state index in [1.165, 1.54) is 7.11 Å². The number of ether oxygens (including phenoxy) is 1. The molecule has 0 saturated carbocycles. The van der Waals surface area contributed by atoms with Gasteiger partial charge in [-0.05, 0) is 18.2 Å². The first-order valence-corrected chi connectivity index (χ1v) is 3.83. The summed E-state index contributed by atoms with van der Waals surface area (Å²) in [5, 5.41) is 0. The Labute approximate surface area is 86.7 Å². The van der Waals surface area contributed by atoms with Gasteiger partial charge in [0.15, 0.2) is 0 Å². The Morgan fingerprint density at radius 3 is 3.00 bits per heavy atom. The molecule has 0 spiro atoms. The summed E-state index contributed by atoms with van der Waals surface area (Å²) in [5.41, 5.74) is 2.20. The van der Waals surface area contributed by atoms with Gasteiger partial charge in [-0.15, -0.1) is 12.4 Å². The van der Waals surface area contributed by atoms with E-state index in [1.807, 2.05) is 0 Å². The molecule has 4 nitrogen and oxygen atoms in total. The predicted octanol–water partition coefficient (Wildman–Crippen LogP) is 1.77. The van der Waals surface area contributed by atoms with Crippen molar-refractivity contribution in [3.8, 4) is 0 Å². The van der Waals surface area contributed by atoms with E-state index >= 15 is 0 Å². The summed E-state index contributed by atoms with van der Waals surface area (Å²) in [7, 11) is 1.36. The van der Waals surface area contributed by atoms with Crippen molar-refractivity contribution in [2.45, 2.75) is 0 Å². The molecule has 2 aromatic rings. The Balaban J connectivity index is 0.000000980. The molecule has 2 rings (SSSR count). The Morgan fingerprint density at radius 2 is 2.29 bits per heavy atom. The molecule has 1 aromatic heterocycles. The van der Waals surface area contributed by atoms with Gasteiger partial charge in [0.2, 0.25) is 0 Å². The number of aromatic nitrogens is 2. The number of nitrogens with one attached hydrogen (secondary N) is 1. The van der Waals surface area contributed by atoms with Crippen molar-refractivity contribution in [3.05, 3.63) is 30.1 Å². The third-order valence-electron chi connectivity index (χ3n) is 1.84. The molecule has 1 heterocycles. The Kier molecular flexibility index (Phi) is 3.09. The molecule has 0 radical (unpaired) electrons. The summed E-state index contributed by atoms with van der Waals surface area (Å²) >= 11 is 0. The Bertz CT molecular complexity index is 453. The van der Waals surface area contributed by atoms with Crippen LogP contribution in [0.1, 0.15) is 10.4 Å². The largest absolute Gasteiger partial charge is 0.465 e. The SMILES string of the molecule is COC(=O)c1ccc2nc[nH]c2c1.Cl. The van der Waals surface area contributed by atoms with Crippen molar-refractivity contribution in [2.24, 2.45) is 0 Å². The number of nitrogens with zero attached hydrogens (tertiary/aromatic N) is 1. The smallest absolute Gasteiger partial charge is 0.337 e. The van der Waals surface area contributed by atoms with E-state index < -0.39 is 0 Å². The number of hydrogen-bond donors (Lipinski definition) is 1. The van der Waals surface area contributed by atoms with E-state index in [1.54, 1.807) is 24.5 Å². The van der Waals surface area contributed by atoms with Crippen LogP contribution >= 0.6 is 12.4 Å². The van der Waals surface area contributed by atoms with Gasteiger partial charge in [0, 0.05) is 0 Å². The van der Waals surface area contributed by atoms with Crippen molar-refractivity contribution >= 4 is 29.4 Å². The van der Waals surface area contributed by atoms with Crippen LogP contribution < -0.4 is 0 Å². The molecule has 5 heteroatoms. The zero-order valence-corrected chi connectivity index (χ0v) is 8.30. The third-order valence-corrected chi connectivity index (χ3v) is 1.84. The fraction of sp³-hybridized carbons (Fsp3) is 0.111. The van der Waals surface area contributed by atoms with E-state index in [0.29, 0.717) is 5.56 Å². The van der Waals surface area contributed by atoms with Crippen LogP contribution in [0.25, 0.3) is 11.0 Å². The summed E-state index contributed by atoms with van der Waals surface area (Å²) in [5.74, 6) is -0.337. The van der Waals surface area contributed by atoms with Gasteiger partial charge in [0.05, 0.1) is 30.0 Å².